The van der Waals surface area contributed by atoms with Gasteiger partial charge in [-0.3, -0.25) is 19.5 Å². The van der Waals surface area contributed by atoms with Gasteiger partial charge in [0.15, 0.2) is 5.69 Å². The van der Waals surface area contributed by atoms with Crippen molar-refractivity contribution in [1.82, 2.24) is 25.7 Å². The zero-order chi connectivity index (χ0) is 24.6. The highest BCUT2D eigenvalue weighted by molar-refractivity contribution is 5.93. The summed E-state index contributed by atoms with van der Waals surface area (Å²) < 4.78 is 4.81. The molecule has 3 N–H and O–H groups in total. The molecular formula is C25H35N5O4. The maximum absolute atomic E-state index is 13.2. The number of carbonyl (C=O) groups excluding carboxylic acids is 2. The van der Waals surface area contributed by atoms with Gasteiger partial charge in [0, 0.05) is 37.1 Å². The molecule has 0 unspecified atom stereocenters. The minimum absolute atomic E-state index is 0.133. The molecule has 1 aliphatic carbocycles. The summed E-state index contributed by atoms with van der Waals surface area (Å²) in [5, 5.41) is 20.2. The number of nitrogens with zero attached hydrogens (tertiary/aromatic N) is 3. The van der Waals surface area contributed by atoms with E-state index in [1.165, 1.54) is 12.3 Å². The molecule has 1 saturated carbocycles. The number of pyridine rings is 1. The van der Waals surface area contributed by atoms with Crippen LogP contribution in [0.3, 0.4) is 0 Å². The van der Waals surface area contributed by atoms with Crippen molar-refractivity contribution in [2.45, 2.75) is 82.5 Å². The van der Waals surface area contributed by atoms with Crippen LogP contribution in [0.1, 0.15) is 74.6 Å². The zero-order valence-corrected chi connectivity index (χ0v) is 20.4. The van der Waals surface area contributed by atoms with Crippen LogP contribution in [0, 0.1) is 6.92 Å². The fourth-order valence-electron chi connectivity index (χ4n) is 5.16. The second kappa shape index (κ2) is 9.11. The molecule has 2 aliphatic rings. The molecule has 2 aromatic rings. The van der Waals surface area contributed by atoms with E-state index in [9.17, 15) is 14.7 Å². The monoisotopic (exact) mass is 469 g/mol. The number of aromatic nitrogens is 2. The number of carbonyl (C=O) groups is 2. The van der Waals surface area contributed by atoms with Crippen LogP contribution in [0.5, 0.6) is 0 Å². The van der Waals surface area contributed by atoms with Gasteiger partial charge in [0.05, 0.1) is 23.1 Å². The molecule has 2 aromatic heterocycles. The van der Waals surface area contributed by atoms with Gasteiger partial charge in [-0.15, -0.1) is 0 Å². The molecule has 9 nitrogen and oxygen atoms in total. The minimum Gasteiger partial charge on any atom is -0.390 e. The predicted molar refractivity (Wildman–Crippen MR) is 126 cm³/mol. The molecule has 0 atom stereocenters. The van der Waals surface area contributed by atoms with E-state index in [1.807, 2.05) is 39.8 Å². The normalized spacial score (nSPS) is 24.8. The van der Waals surface area contributed by atoms with Gasteiger partial charge >= 0.3 is 0 Å². The molecule has 3 heterocycles. The van der Waals surface area contributed by atoms with Crippen LogP contribution in [-0.4, -0.2) is 62.2 Å². The number of hydrogen-bond donors (Lipinski definition) is 3. The Hall–Kier alpha value is -2.78. The Kier molecular flexibility index (Phi) is 6.52. The highest BCUT2D eigenvalue weighted by Gasteiger charge is 2.49. The molecule has 9 heteroatoms. The van der Waals surface area contributed by atoms with E-state index < -0.39 is 16.7 Å². The van der Waals surface area contributed by atoms with Gasteiger partial charge in [-0.2, -0.15) is 0 Å². The first-order valence-electron chi connectivity index (χ1n) is 11.9. The first-order valence-corrected chi connectivity index (χ1v) is 11.9. The Bertz CT molecular complexity index is 1020. The molecule has 2 fully saturated rings. The lowest BCUT2D eigenvalue weighted by molar-refractivity contribution is -0.127. The highest BCUT2D eigenvalue weighted by atomic mass is 16.5. The van der Waals surface area contributed by atoms with Crippen LogP contribution in [0.25, 0.3) is 0 Å². The maximum Gasteiger partial charge on any atom is 0.273 e. The first kappa shape index (κ1) is 24.3. The standard InChI is InChI=1S/C25H35N5O4/c1-17-13-18(7-11-26-17)23(2,3)27-21(31)14-25(28-22(32)20-8-12-34-29-20)15-30(16-25)19-5-9-24(4,33)10-6-19/h7-8,11-13,19,33H,5-6,9-10,14-16H2,1-4H3,(H,27,31)(H,28,32). The van der Waals surface area contributed by atoms with Gasteiger partial charge in [-0.25, -0.2) is 0 Å². The highest BCUT2D eigenvalue weighted by Crippen LogP contribution is 2.36. The fraction of sp³-hybridized carbons (Fsp3) is 0.600. The maximum atomic E-state index is 13.2. The van der Waals surface area contributed by atoms with Crippen molar-refractivity contribution in [1.29, 1.82) is 0 Å². The van der Waals surface area contributed by atoms with Crippen LogP contribution in [0.4, 0.5) is 0 Å². The van der Waals surface area contributed by atoms with Gasteiger partial charge in [0.25, 0.3) is 5.91 Å². The van der Waals surface area contributed by atoms with Gasteiger partial charge in [-0.1, -0.05) is 5.16 Å². The van der Waals surface area contributed by atoms with Crippen LogP contribution in [0.15, 0.2) is 35.2 Å². The van der Waals surface area contributed by atoms with E-state index in [0.29, 0.717) is 19.1 Å². The summed E-state index contributed by atoms with van der Waals surface area (Å²) >= 11 is 0. The Labute approximate surface area is 200 Å². The Morgan fingerprint density at radius 3 is 2.59 bits per heavy atom. The number of likely N-dealkylation sites (tertiary alicyclic amines) is 1. The van der Waals surface area contributed by atoms with E-state index in [0.717, 1.165) is 36.9 Å². The second-order valence-corrected chi connectivity index (χ2v) is 10.8. The summed E-state index contributed by atoms with van der Waals surface area (Å²) in [4.78, 5) is 32.5. The number of hydrogen-bond acceptors (Lipinski definition) is 7. The van der Waals surface area contributed by atoms with E-state index in [4.69, 9.17) is 4.52 Å². The van der Waals surface area contributed by atoms with Crippen molar-refractivity contribution < 1.29 is 19.2 Å². The number of amides is 2. The van der Waals surface area contributed by atoms with Gasteiger partial charge in [-0.05, 0) is 71.1 Å². The van der Waals surface area contributed by atoms with Crippen LogP contribution < -0.4 is 10.6 Å². The summed E-state index contributed by atoms with van der Waals surface area (Å²) in [6.07, 6.45) is 6.57. The van der Waals surface area contributed by atoms with E-state index >= 15 is 0 Å². The quantitative estimate of drug-likeness (QED) is 0.569. The van der Waals surface area contributed by atoms with Crippen molar-refractivity contribution in [2.24, 2.45) is 0 Å². The van der Waals surface area contributed by atoms with E-state index in [-0.39, 0.29) is 23.9 Å². The summed E-state index contributed by atoms with van der Waals surface area (Å²) in [7, 11) is 0. The van der Waals surface area contributed by atoms with Gasteiger partial charge in [0.2, 0.25) is 5.91 Å². The van der Waals surface area contributed by atoms with Crippen molar-refractivity contribution in [3.05, 3.63) is 47.6 Å². The third kappa shape index (κ3) is 5.47. The van der Waals surface area contributed by atoms with Gasteiger partial charge in [0.1, 0.15) is 6.26 Å². The lowest BCUT2D eigenvalue weighted by atomic mass is 9.78. The number of aliphatic hydroxyl groups is 1. The second-order valence-electron chi connectivity index (χ2n) is 10.8. The summed E-state index contributed by atoms with van der Waals surface area (Å²) in [5.74, 6) is -0.483. The lowest BCUT2D eigenvalue weighted by Crippen LogP contribution is -2.73. The molecule has 184 valence electrons. The summed E-state index contributed by atoms with van der Waals surface area (Å²) in [6.45, 7) is 8.88. The minimum atomic E-state index is -0.690. The van der Waals surface area contributed by atoms with Crippen molar-refractivity contribution in [3.8, 4) is 0 Å². The molecule has 0 aromatic carbocycles. The molecule has 4 rings (SSSR count). The predicted octanol–water partition coefficient (Wildman–Crippen LogP) is 2.30. The van der Waals surface area contributed by atoms with Crippen LogP contribution in [0.2, 0.25) is 0 Å². The number of nitrogens with one attached hydrogen (secondary N) is 2. The number of rotatable bonds is 7. The van der Waals surface area contributed by atoms with Crippen molar-refractivity contribution >= 4 is 11.8 Å². The molecule has 0 radical (unpaired) electrons. The SMILES string of the molecule is Cc1cc(C(C)(C)NC(=O)CC2(NC(=O)c3ccon3)CN(C3CCC(C)(O)CC3)C2)ccn1. The molecule has 1 saturated heterocycles. The van der Waals surface area contributed by atoms with E-state index in [2.05, 4.69) is 25.7 Å². The lowest BCUT2D eigenvalue weighted by Gasteiger charge is -2.54. The molecule has 0 bridgehead atoms. The summed E-state index contributed by atoms with van der Waals surface area (Å²) in [6, 6.07) is 5.72. The molecule has 0 spiro atoms. The van der Waals surface area contributed by atoms with Gasteiger partial charge < -0.3 is 20.3 Å². The fourth-order valence-corrected chi connectivity index (χ4v) is 5.16. The summed E-state index contributed by atoms with van der Waals surface area (Å²) in [5.41, 5.74) is 0.177. The molecule has 34 heavy (non-hydrogen) atoms. The zero-order valence-electron chi connectivity index (χ0n) is 20.4. The number of aryl methyl sites for hydroxylation is 1. The van der Waals surface area contributed by atoms with Crippen LogP contribution >= 0.6 is 0 Å². The molecular weight excluding hydrogens is 434 g/mol. The Morgan fingerprint density at radius 2 is 1.97 bits per heavy atom. The Morgan fingerprint density at radius 1 is 1.26 bits per heavy atom. The van der Waals surface area contributed by atoms with Crippen LogP contribution in [-0.2, 0) is 10.3 Å². The van der Waals surface area contributed by atoms with Crippen molar-refractivity contribution in [3.63, 3.8) is 0 Å². The average molecular weight is 470 g/mol. The largest absolute Gasteiger partial charge is 0.390 e. The third-order valence-electron chi connectivity index (χ3n) is 7.18. The topological polar surface area (TPSA) is 121 Å². The smallest absolute Gasteiger partial charge is 0.273 e. The van der Waals surface area contributed by atoms with E-state index in [1.54, 1.807) is 6.20 Å². The van der Waals surface area contributed by atoms with Crippen molar-refractivity contribution in [2.75, 3.05) is 13.1 Å². The molecule has 2 amide bonds. The first-order chi connectivity index (χ1) is 16.0. The Balaban J connectivity index is 1.44. The average Bonchev–Trinajstić information content (AvgIpc) is 3.26. The molecule has 1 aliphatic heterocycles. The third-order valence-corrected chi connectivity index (χ3v) is 7.18.